The van der Waals surface area contributed by atoms with Gasteiger partial charge < -0.3 is 42.5 Å². The van der Waals surface area contributed by atoms with E-state index in [0.29, 0.717) is 12.8 Å². The Hall–Kier alpha value is -5.02. The molecule has 48 heavy (non-hydrogen) atoms. The third-order valence-corrected chi connectivity index (χ3v) is 7.90. The summed E-state index contributed by atoms with van der Waals surface area (Å²) in [6.45, 7) is 4.94. The molecule has 1 aromatic rings. The molecule has 1 aliphatic rings. The van der Waals surface area contributed by atoms with Crippen molar-refractivity contribution in [1.29, 1.82) is 0 Å². The number of carbonyl (C=O) groups excluding carboxylic acids is 5. The predicted molar refractivity (Wildman–Crippen MR) is 174 cm³/mol. The maximum atomic E-state index is 13.5. The van der Waals surface area contributed by atoms with E-state index in [0.717, 1.165) is 5.56 Å². The van der Waals surface area contributed by atoms with Gasteiger partial charge in [0.15, 0.2) is 11.7 Å². The van der Waals surface area contributed by atoms with Crippen molar-refractivity contribution in [2.45, 2.75) is 89.9 Å². The van der Waals surface area contributed by atoms with Crippen LogP contribution >= 0.6 is 0 Å². The van der Waals surface area contributed by atoms with Crippen molar-refractivity contribution in [2.75, 3.05) is 13.1 Å². The fourth-order valence-electron chi connectivity index (χ4n) is 5.55. The van der Waals surface area contributed by atoms with Crippen molar-refractivity contribution in [3.05, 3.63) is 35.9 Å². The summed E-state index contributed by atoms with van der Waals surface area (Å²) in [6, 6.07) is 3.99. The number of aliphatic carboxylic acids is 2. The number of aliphatic imine (C=N–C) groups is 1. The summed E-state index contributed by atoms with van der Waals surface area (Å²) in [5.74, 6) is -7.52. The van der Waals surface area contributed by atoms with Crippen molar-refractivity contribution in [1.82, 2.24) is 20.9 Å². The van der Waals surface area contributed by atoms with Gasteiger partial charge in [-0.05, 0) is 43.6 Å². The molecular weight excluding hydrogens is 626 g/mol. The molecule has 0 aromatic heterocycles. The zero-order valence-corrected chi connectivity index (χ0v) is 27.5. The largest absolute Gasteiger partial charge is 0.481 e. The number of carbonyl (C=O) groups is 7. The van der Waals surface area contributed by atoms with Gasteiger partial charge in [0.2, 0.25) is 23.6 Å². The number of nitrogens with two attached hydrogens (primary N) is 2. The topological polar surface area (TPSA) is 264 Å². The van der Waals surface area contributed by atoms with Gasteiger partial charge in [0.1, 0.15) is 18.1 Å². The first-order valence-corrected chi connectivity index (χ1v) is 15.9. The molecule has 1 aromatic carbocycles. The molecule has 0 aliphatic carbocycles. The number of hydrogen-bond acceptors (Lipinski definition) is 8. The first-order chi connectivity index (χ1) is 22.6. The first-order valence-electron chi connectivity index (χ1n) is 15.9. The number of amides is 4. The zero-order valence-electron chi connectivity index (χ0n) is 27.5. The molecule has 0 spiro atoms. The van der Waals surface area contributed by atoms with Crippen LogP contribution < -0.4 is 27.4 Å². The minimum absolute atomic E-state index is 0.0913. The number of nitrogens with one attached hydrogen (secondary N) is 3. The van der Waals surface area contributed by atoms with Gasteiger partial charge >= 0.3 is 11.9 Å². The molecular formula is C32H47N7O9. The number of carboxylic acids is 2. The Balaban J connectivity index is 2.17. The summed E-state index contributed by atoms with van der Waals surface area (Å²) in [5, 5.41) is 26.8. The van der Waals surface area contributed by atoms with Crippen LogP contribution in [0.3, 0.4) is 0 Å². The van der Waals surface area contributed by atoms with Gasteiger partial charge in [-0.2, -0.15) is 0 Å². The van der Waals surface area contributed by atoms with Crippen molar-refractivity contribution in [3.8, 4) is 0 Å². The van der Waals surface area contributed by atoms with E-state index in [1.54, 1.807) is 44.2 Å². The molecule has 0 unspecified atom stereocenters. The smallest absolute Gasteiger partial charge is 0.307 e. The van der Waals surface area contributed by atoms with Crippen molar-refractivity contribution < 1.29 is 43.8 Å². The minimum Gasteiger partial charge on any atom is -0.481 e. The van der Waals surface area contributed by atoms with Gasteiger partial charge in [0.05, 0.1) is 18.4 Å². The van der Waals surface area contributed by atoms with Crippen LogP contribution in [0.5, 0.6) is 0 Å². The fraction of sp³-hybridized carbons (Fsp3) is 0.562. The quantitative estimate of drug-likeness (QED) is 0.0561. The molecule has 0 bridgehead atoms. The Labute approximate surface area is 279 Å². The van der Waals surface area contributed by atoms with Crippen LogP contribution in [-0.4, -0.2) is 99.7 Å². The number of Topliss-reactive ketones (excluding diaryl/α,β-unsaturated/α-hetero) is 1. The van der Waals surface area contributed by atoms with Crippen LogP contribution in [0.25, 0.3) is 0 Å². The standard InChI is InChI=1S/C32H47N7O9/c1-18(2)27(25(41)16-21(31(47)48)15-20-9-5-4-6-10-20)38-28(44)23(17-26(42)43)37-29(45)24-12-8-14-39(24)30(46)22(36-19(3)40)11-7-13-35-32(33)34/h4-6,9-10,18,21-24,27H,7-8,11-17H2,1-3H3,(H,36,40)(H,37,45)(H,38,44)(H,42,43)(H,47,48)(H4,33,34,35)/t21-,22+,23+,24+,27+/m1/s1. The van der Waals surface area contributed by atoms with E-state index < -0.39 is 83.8 Å². The Morgan fingerprint density at radius 3 is 2.19 bits per heavy atom. The highest BCUT2D eigenvalue weighted by Crippen LogP contribution is 2.21. The number of guanidine groups is 1. The van der Waals surface area contributed by atoms with E-state index in [1.807, 2.05) is 0 Å². The Bertz CT molecular complexity index is 1350. The number of benzene rings is 1. The van der Waals surface area contributed by atoms with Gasteiger partial charge in [0, 0.05) is 26.4 Å². The molecule has 16 heteroatoms. The Kier molecular flexibility index (Phi) is 15.5. The van der Waals surface area contributed by atoms with Crippen LogP contribution in [0.2, 0.25) is 0 Å². The Morgan fingerprint density at radius 1 is 0.958 bits per heavy atom. The van der Waals surface area contributed by atoms with E-state index in [2.05, 4.69) is 20.9 Å². The molecule has 1 fully saturated rings. The monoisotopic (exact) mass is 673 g/mol. The first kappa shape index (κ1) is 39.2. The van der Waals surface area contributed by atoms with Crippen LogP contribution in [0, 0.1) is 11.8 Å². The van der Waals surface area contributed by atoms with Crippen LogP contribution in [-0.2, 0) is 40.0 Å². The van der Waals surface area contributed by atoms with Gasteiger partial charge in [-0.15, -0.1) is 0 Å². The number of likely N-dealkylation sites (tertiary alicyclic amines) is 1. The normalized spacial score (nSPS) is 16.6. The van der Waals surface area contributed by atoms with E-state index in [-0.39, 0.29) is 44.7 Å². The molecule has 1 heterocycles. The maximum absolute atomic E-state index is 13.5. The highest BCUT2D eigenvalue weighted by atomic mass is 16.4. The second-order valence-corrected chi connectivity index (χ2v) is 12.2. The summed E-state index contributed by atoms with van der Waals surface area (Å²) in [5.41, 5.74) is 11.4. The number of rotatable bonds is 19. The summed E-state index contributed by atoms with van der Waals surface area (Å²) in [6.07, 6.45) is 0.0985. The van der Waals surface area contributed by atoms with Crippen molar-refractivity contribution >= 4 is 47.3 Å². The van der Waals surface area contributed by atoms with E-state index in [1.165, 1.54) is 11.8 Å². The van der Waals surface area contributed by atoms with Crippen LogP contribution in [0.4, 0.5) is 0 Å². The highest BCUT2D eigenvalue weighted by molar-refractivity contribution is 5.97. The summed E-state index contributed by atoms with van der Waals surface area (Å²) in [7, 11) is 0. The number of hydrogen-bond donors (Lipinski definition) is 7. The maximum Gasteiger partial charge on any atom is 0.307 e. The van der Waals surface area contributed by atoms with Crippen LogP contribution in [0.15, 0.2) is 35.3 Å². The third-order valence-electron chi connectivity index (χ3n) is 7.90. The molecule has 5 atom stereocenters. The van der Waals surface area contributed by atoms with Crippen LogP contribution in [0.1, 0.15) is 64.9 Å². The lowest BCUT2D eigenvalue weighted by atomic mass is 9.89. The van der Waals surface area contributed by atoms with Gasteiger partial charge in [-0.25, -0.2) is 0 Å². The lowest BCUT2D eigenvalue weighted by Crippen LogP contribution is -2.58. The third kappa shape index (κ3) is 12.6. The number of ketones is 1. The number of nitrogens with zero attached hydrogens (tertiary/aromatic N) is 2. The molecule has 9 N–H and O–H groups in total. The minimum atomic E-state index is -1.60. The predicted octanol–water partition coefficient (Wildman–Crippen LogP) is -0.461. The number of carboxylic acid groups (broad SMARTS) is 2. The van der Waals surface area contributed by atoms with E-state index >= 15 is 0 Å². The van der Waals surface area contributed by atoms with Crippen molar-refractivity contribution in [2.24, 2.45) is 28.3 Å². The van der Waals surface area contributed by atoms with Gasteiger partial charge in [0.25, 0.3) is 0 Å². The fourth-order valence-corrected chi connectivity index (χ4v) is 5.55. The molecule has 1 saturated heterocycles. The SMILES string of the molecule is CC(=O)N[C@@H](CCCN=C(N)N)C(=O)N1CCC[C@H]1C(=O)N[C@@H](CC(=O)O)C(=O)N[C@H](C(=O)C[C@@H](Cc1ccccc1)C(=O)O)C(C)C. The average Bonchev–Trinajstić information content (AvgIpc) is 3.50. The Morgan fingerprint density at radius 2 is 1.62 bits per heavy atom. The highest BCUT2D eigenvalue weighted by Gasteiger charge is 2.39. The lowest BCUT2D eigenvalue weighted by molar-refractivity contribution is -0.145. The molecule has 0 saturated carbocycles. The average molecular weight is 674 g/mol. The second kappa shape index (κ2) is 19.0. The van der Waals surface area contributed by atoms with E-state index in [4.69, 9.17) is 11.5 Å². The molecule has 0 radical (unpaired) electrons. The zero-order chi connectivity index (χ0) is 36.0. The summed E-state index contributed by atoms with van der Waals surface area (Å²) >= 11 is 0. The van der Waals surface area contributed by atoms with E-state index in [9.17, 15) is 43.8 Å². The van der Waals surface area contributed by atoms with Gasteiger partial charge in [-0.1, -0.05) is 44.2 Å². The molecule has 1 aliphatic heterocycles. The molecule has 264 valence electrons. The van der Waals surface area contributed by atoms with Crippen molar-refractivity contribution in [3.63, 3.8) is 0 Å². The molecule has 16 nitrogen and oxygen atoms in total. The second-order valence-electron chi connectivity index (χ2n) is 12.2. The lowest BCUT2D eigenvalue weighted by Gasteiger charge is -2.30. The molecule has 2 rings (SSSR count). The summed E-state index contributed by atoms with van der Waals surface area (Å²) < 4.78 is 0. The van der Waals surface area contributed by atoms with Gasteiger partial charge in [-0.3, -0.25) is 38.6 Å². The summed E-state index contributed by atoms with van der Waals surface area (Å²) in [4.78, 5) is 94.3. The molecule has 4 amide bonds.